The van der Waals surface area contributed by atoms with E-state index in [-0.39, 0.29) is 11.8 Å². The van der Waals surface area contributed by atoms with Gasteiger partial charge in [0.05, 0.1) is 12.5 Å². The van der Waals surface area contributed by atoms with Gasteiger partial charge in [-0.2, -0.15) is 0 Å². The Bertz CT molecular complexity index is 419. The summed E-state index contributed by atoms with van der Waals surface area (Å²) >= 11 is 3.46. The first-order chi connectivity index (χ1) is 8.22. The van der Waals surface area contributed by atoms with Crippen molar-refractivity contribution >= 4 is 27.5 Å². The highest BCUT2D eigenvalue weighted by molar-refractivity contribution is 9.10. The van der Waals surface area contributed by atoms with Gasteiger partial charge in [-0.05, 0) is 12.1 Å². The zero-order valence-electron chi connectivity index (χ0n) is 9.63. The second-order valence-electron chi connectivity index (χ2n) is 4.04. The van der Waals surface area contributed by atoms with E-state index in [1.54, 1.807) is 7.11 Å². The van der Waals surface area contributed by atoms with Crippen LogP contribution in [0.3, 0.4) is 0 Å². The first kappa shape index (κ1) is 12.5. The number of hydrogen-bond donors (Lipinski definition) is 2. The Balaban J connectivity index is 2.13. The molecule has 1 saturated heterocycles. The predicted molar refractivity (Wildman–Crippen MR) is 69.8 cm³/mol. The molecule has 1 aliphatic heterocycles. The molecule has 4 nitrogen and oxygen atoms in total. The summed E-state index contributed by atoms with van der Waals surface area (Å²) in [5.41, 5.74) is 1.79. The average molecular weight is 299 g/mol. The molecule has 0 aromatic heterocycles. The number of hydrogen-bond acceptors (Lipinski definition) is 3. The number of rotatable bonds is 4. The molecule has 0 bridgehead atoms. The minimum Gasteiger partial charge on any atom is -0.380 e. The maximum atomic E-state index is 11.9. The Morgan fingerprint density at radius 3 is 2.94 bits per heavy atom. The Kier molecular flexibility index (Phi) is 4.15. The molecule has 0 radical (unpaired) electrons. The molecule has 1 fully saturated rings. The van der Waals surface area contributed by atoms with Crippen molar-refractivity contribution < 1.29 is 9.53 Å². The van der Waals surface area contributed by atoms with Crippen molar-refractivity contribution in [2.45, 2.75) is 6.61 Å². The number of methoxy groups -OCH3 is 1. The molecule has 17 heavy (non-hydrogen) atoms. The highest BCUT2D eigenvalue weighted by atomic mass is 79.9. The lowest BCUT2D eigenvalue weighted by atomic mass is 10.0. The van der Waals surface area contributed by atoms with E-state index in [1.807, 2.05) is 18.2 Å². The van der Waals surface area contributed by atoms with E-state index >= 15 is 0 Å². The van der Waals surface area contributed by atoms with Crippen LogP contribution in [0.15, 0.2) is 22.7 Å². The van der Waals surface area contributed by atoms with Crippen LogP contribution in [0.2, 0.25) is 0 Å². The third kappa shape index (κ3) is 2.86. The Morgan fingerprint density at radius 2 is 2.35 bits per heavy atom. The molecule has 92 valence electrons. The number of amides is 1. The molecule has 1 amide bonds. The normalized spacial score (nSPS) is 15.4. The summed E-state index contributed by atoms with van der Waals surface area (Å²) in [7, 11) is 1.64. The van der Waals surface area contributed by atoms with E-state index in [0.717, 1.165) is 28.8 Å². The smallest absolute Gasteiger partial charge is 0.230 e. The van der Waals surface area contributed by atoms with Gasteiger partial charge < -0.3 is 15.4 Å². The van der Waals surface area contributed by atoms with Crippen LogP contribution >= 0.6 is 15.9 Å². The lowest BCUT2D eigenvalue weighted by molar-refractivity contribution is -0.121. The third-order valence-corrected chi connectivity index (χ3v) is 3.56. The molecule has 5 heteroatoms. The SMILES string of the molecule is COCc1c(Br)cccc1NC(=O)C1CNC1. The molecular weight excluding hydrogens is 284 g/mol. The number of ether oxygens (including phenoxy) is 1. The second-order valence-corrected chi connectivity index (χ2v) is 4.90. The number of carbonyl (C=O) groups excluding carboxylic acids is 1. The van der Waals surface area contributed by atoms with Crippen molar-refractivity contribution in [2.75, 3.05) is 25.5 Å². The molecule has 0 spiro atoms. The fourth-order valence-corrected chi connectivity index (χ4v) is 2.16. The Morgan fingerprint density at radius 1 is 1.59 bits per heavy atom. The number of carbonyl (C=O) groups is 1. The molecular formula is C12H15BrN2O2. The minimum absolute atomic E-state index is 0.0687. The third-order valence-electron chi connectivity index (χ3n) is 2.82. The van der Waals surface area contributed by atoms with Crippen LogP contribution in [0.1, 0.15) is 5.56 Å². The van der Waals surface area contributed by atoms with Gasteiger partial charge in [0.1, 0.15) is 0 Å². The highest BCUT2D eigenvalue weighted by Crippen LogP contribution is 2.26. The molecule has 1 heterocycles. The van der Waals surface area contributed by atoms with E-state index in [9.17, 15) is 4.79 Å². The Hall–Kier alpha value is -0.910. The largest absolute Gasteiger partial charge is 0.380 e. The van der Waals surface area contributed by atoms with Crippen LogP contribution in [-0.4, -0.2) is 26.1 Å². The first-order valence-corrected chi connectivity index (χ1v) is 6.29. The van der Waals surface area contributed by atoms with E-state index in [1.165, 1.54) is 0 Å². The number of nitrogens with one attached hydrogen (secondary N) is 2. The maximum absolute atomic E-state index is 11.9. The predicted octanol–water partition coefficient (Wildman–Crippen LogP) is 1.75. The molecule has 1 aliphatic rings. The van der Waals surface area contributed by atoms with Gasteiger partial charge in [0.25, 0.3) is 0 Å². The number of anilines is 1. The topological polar surface area (TPSA) is 50.4 Å². The van der Waals surface area contributed by atoms with Crippen LogP contribution in [0.25, 0.3) is 0 Å². The van der Waals surface area contributed by atoms with Crippen LogP contribution in [0.5, 0.6) is 0 Å². The van der Waals surface area contributed by atoms with Gasteiger partial charge in [-0.1, -0.05) is 22.0 Å². The molecule has 0 saturated carbocycles. The van der Waals surface area contributed by atoms with E-state index in [4.69, 9.17) is 4.74 Å². The molecule has 2 N–H and O–H groups in total. The molecule has 1 aromatic carbocycles. The summed E-state index contributed by atoms with van der Waals surface area (Å²) in [5.74, 6) is 0.156. The lowest BCUT2D eigenvalue weighted by Crippen LogP contribution is -2.48. The monoisotopic (exact) mass is 298 g/mol. The lowest BCUT2D eigenvalue weighted by Gasteiger charge is -2.26. The van der Waals surface area contributed by atoms with E-state index < -0.39 is 0 Å². The van der Waals surface area contributed by atoms with Gasteiger partial charge >= 0.3 is 0 Å². The average Bonchev–Trinajstić information content (AvgIpc) is 2.20. The summed E-state index contributed by atoms with van der Waals surface area (Å²) in [6.45, 7) is 2.00. The van der Waals surface area contributed by atoms with Crippen molar-refractivity contribution in [3.05, 3.63) is 28.2 Å². The summed E-state index contributed by atoms with van der Waals surface area (Å²) in [6, 6.07) is 5.73. The standard InChI is InChI=1S/C12H15BrN2O2/c1-17-7-9-10(13)3-2-4-11(9)15-12(16)8-5-14-6-8/h2-4,8,14H,5-7H2,1H3,(H,15,16). The van der Waals surface area contributed by atoms with Crippen LogP contribution in [0.4, 0.5) is 5.69 Å². The molecule has 0 unspecified atom stereocenters. The summed E-state index contributed by atoms with van der Waals surface area (Å²) in [4.78, 5) is 11.9. The van der Waals surface area contributed by atoms with Crippen molar-refractivity contribution in [3.63, 3.8) is 0 Å². The summed E-state index contributed by atoms with van der Waals surface area (Å²) in [6.07, 6.45) is 0. The fraction of sp³-hybridized carbons (Fsp3) is 0.417. The molecule has 1 aromatic rings. The van der Waals surface area contributed by atoms with Crippen molar-refractivity contribution in [2.24, 2.45) is 5.92 Å². The molecule has 2 rings (SSSR count). The van der Waals surface area contributed by atoms with Crippen LogP contribution < -0.4 is 10.6 Å². The highest BCUT2D eigenvalue weighted by Gasteiger charge is 2.25. The maximum Gasteiger partial charge on any atom is 0.230 e. The van der Waals surface area contributed by atoms with Crippen molar-refractivity contribution in [1.82, 2.24) is 5.32 Å². The van der Waals surface area contributed by atoms with Crippen molar-refractivity contribution in [1.29, 1.82) is 0 Å². The summed E-state index contributed by atoms with van der Waals surface area (Å²) < 4.78 is 6.09. The minimum atomic E-state index is 0.0687. The Labute approximate surface area is 109 Å². The summed E-state index contributed by atoms with van der Waals surface area (Å²) in [5, 5.41) is 6.03. The van der Waals surface area contributed by atoms with E-state index in [0.29, 0.717) is 6.61 Å². The van der Waals surface area contributed by atoms with E-state index in [2.05, 4.69) is 26.6 Å². The van der Waals surface area contributed by atoms with Gasteiger partial charge in [-0.3, -0.25) is 4.79 Å². The van der Waals surface area contributed by atoms with Crippen molar-refractivity contribution in [3.8, 4) is 0 Å². The zero-order chi connectivity index (χ0) is 12.3. The van der Waals surface area contributed by atoms with Gasteiger partial charge in [0.2, 0.25) is 5.91 Å². The second kappa shape index (κ2) is 5.62. The zero-order valence-corrected chi connectivity index (χ0v) is 11.2. The quantitative estimate of drug-likeness (QED) is 0.890. The van der Waals surface area contributed by atoms with Gasteiger partial charge in [-0.15, -0.1) is 0 Å². The molecule has 0 atom stereocenters. The molecule has 0 aliphatic carbocycles. The van der Waals surface area contributed by atoms with Crippen LogP contribution in [-0.2, 0) is 16.1 Å². The number of benzene rings is 1. The van der Waals surface area contributed by atoms with Gasteiger partial charge in [-0.25, -0.2) is 0 Å². The number of halogens is 1. The first-order valence-electron chi connectivity index (χ1n) is 5.50. The fourth-order valence-electron chi connectivity index (χ4n) is 1.68. The van der Waals surface area contributed by atoms with Gasteiger partial charge in [0.15, 0.2) is 0 Å². The van der Waals surface area contributed by atoms with Gasteiger partial charge in [0, 0.05) is 35.9 Å². The van der Waals surface area contributed by atoms with Crippen LogP contribution in [0, 0.1) is 5.92 Å².